The van der Waals surface area contributed by atoms with Gasteiger partial charge in [0.1, 0.15) is 0 Å². The van der Waals surface area contributed by atoms with E-state index >= 15 is 0 Å². The SMILES string of the molecule is CC(F)(F)C(F)(F)OC(F)(F)C(F)C(F)(F)F. The highest BCUT2D eigenvalue weighted by Gasteiger charge is 2.66. The van der Waals surface area contributed by atoms with Gasteiger partial charge in [-0.3, -0.25) is 0 Å². The minimum Gasteiger partial charge on any atom is -0.248 e. The first-order chi connectivity index (χ1) is 7.11. The molecule has 1 atom stereocenters. The van der Waals surface area contributed by atoms with Gasteiger partial charge in [0.2, 0.25) is 0 Å². The quantitative estimate of drug-likeness (QED) is 0.714. The smallest absolute Gasteiger partial charge is 0.248 e. The Labute approximate surface area is 87.3 Å². The van der Waals surface area contributed by atoms with Gasteiger partial charge in [-0.15, -0.1) is 0 Å². The van der Waals surface area contributed by atoms with Crippen LogP contribution in [0, 0.1) is 0 Å². The summed E-state index contributed by atoms with van der Waals surface area (Å²) in [7, 11) is 0. The van der Waals surface area contributed by atoms with Gasteiger partial charge >= 0.3 is 24.3 Å². The summed E-state index contributed by atoms with van der Waals surface area (Å²) < 4.78 is 121. The van der Waals surface area contributed by atoms with Crippen LogP contribution >= 0.6 is 0 Å². The van der Waals surface area contributed by atoms with Gasteiger partial charge in [-0.2, -0.15) is 39.5 Å². The van der Waals surface area contributed by atoms with Crippen LogP contribution in [-0.2, 0) is 4.74 Å². The second kappa shape index (κ2) is 4.18. The molecule has 0 saturated carbocycles. The van der Waals surface area contributed by atoms with E-state index in [0.29, 0.717) is 0 Å². The average molecular weight is 282 g/mol. The molecule has 0 aromatic carbocycles. The largest absolute Gasteiger partial charge is 0.428 e. The van der Waals surface area contributed by atoms with E-state index in [1.807, 2.05) is 4.74 Å². The summed E-state index contributed by atoms with van der Waals surface area (Å²) in [4.78, 5) is 0. The molecule has 0 N–H and O–H groups in total. The van der Waals surface area contributed by atoms with E-state index in [1.165, 1.54) is 0 Å². The molecule has 0 amide bonds. The Morgan fingerprint density at radius 3 is 1.41 bits per heavy atom. The molecular weight excluding hydrogens is 278 g/mol. The molecule has 1 nitrogen and oxygen atoms in total. The van der Waals surface area contributed by atoms with Gasteiger partial charge in [0, 0.05) is 6.92 Å². The third-order valence-electron chi connectivity index (χ3n) is 1.36. The monoisotopic (exact) mass is 282 g/mol. The van der Waals surface area contributed by atoms with E-state index in [-0.39, 0.29) is 0 Å². The first-order valence-corrected chi connectivity index (χ1v) is 3.65. The predicted octanol–water partition coefficient (Wildman–Crippen LogP) is 3.74. The van der Waals surface area contributed by atoms with Crippen LogP contribution in [0.15, 0.2) is 0 Å². The summed E-state index contributed by atoms with van der Waals surface area (Å²) in [5, 5.41) is 0. The van der Waals surface area contributed by atoms with Crippen LogP contribution in [0.2, 0.25) is 0 Å². The molecule has 0 spiro atoms. The van der Waals surface area contributed by atoms with Crippen LogP contribution in [-0.4, -0.2) is 30.5 Å². The predicted molar refractivity (Wildman–Crippen MR) is 32.6 cm³/mol. The molecule has 104 valence electrons. The van der Waals surface area contributed by atoms with E-state index in [0.717, 1.165) is 0 Å². The summed E-state index contributed by atoms with van der Waals surface area (Å²) in [5.41, 5.74) is 0. The van der Waals surface area contributed by atoms with Crippen molar-refractivity contribution in [2.45, 2.75) is 37.4 Å². The summed E-state index contributed by atoms with van der Waals surface area (Å²) >= 11 is 0. The fourth-order valence-electron chi connectivity index (χ4n) is 0.503. The van der Waals surface area contributed by atoms with Gasteiger partial charge in [0.25, 0.3) is 6.17 Å². The van der Waals surface area contributed by atoms with Crippen molar-refractivity contribution in [2.75, 3.05) is 0 Å². The minimum atomic E-state index is -6.23. The van der Waals surface area contributed by atoms with E-state index in [1.54, 1.807) is 0 Å². The van der Waals surface area contributed by atoms with Crippen molar-refractivity contribution in [1.29, 1.82) is 0 Å². The van der Waals surface area contributed by atoms with E-state index < -0.39 is 37.4 Å². The van der Waals surface area contributed by atoms with E-state index in [9.17, 15) is 43.9 Å². The Hall–Kier alpha value is -0.740. The zero-order valence-corrected chi connectivity index (χ0v) is 7.77. The molecule has 11 heteroatoms. The highest BCUT2D eigenvalue weighted by molar-refractivity contribution is 4.80. The van der Waals surface area contributed by atoms with Crippen LogP contribution in [0.3, 0.4) is 0 Å². The maximum atomic E-state index is 12.2. The Bertz CT molecular complexity index is 263. The maximum Gasteiger partial charge on any atom is 0.428 e. The lowest BCUT2D eigenvalue weighted by molar-refractivity contribution is -0.452. The van der Waals surface area contributed by atoms with Crippen molar-refractivity contribution in [2.24, 2.45) is 0 Å². The zero-order valence-electron chi connectivity index (χ0n) is 7.77. The number of halogens is 10. The topological polar surface area (TPSA) is 9.23 Å². The van der Waals surface area contributed by atoms with Gasteiger partial charge in [-0.05, 0) is 0 Å². The van der Waals surface area contributed by atoms with Crippen molar-refractivity contribution in [3.05, 3.63) is 0 Å². The Balaban J connectivity index is 5.01. The second-order valence-corrected chi connectivity index (χ2v) is 2.97. The fraction of sp³-hybridized carbons (Fsp3) is 1.00. The van der Waals surface area contributed by atoms with Crippen molar-refractivity contribution in [3.63, 3.8) is 0 Å². The molecule has 0 aromatic heterocycles. The van der Waals surface area contributed by atoms with Crippen LogP contribution in [0.4, 0.5) is 43.9 Å². The number of alkyl halides is 10. The Morgan fingerprint density at radius 1 is 0.824 bits per heavy atom. The van der Waals surface area contributed by atoms with Crippen LogP contribution in [0.1, 0.15) is 6.92 Å². The molecule has 0 radical (unpaired) electrons. The molecule has 0 aliphatic rings. The minimum absolute atomic E-state index is 0.579. The van der Waals surface area contributed by atoms with Gasteiger partial charge in [-0.1, -0.05) is 0 Å². The number of rotatable bonds is 4. The van der Waals surface area contributed by atoms with Gasteiger partial charge in [0.15, 0.2) is 0 Å². The lowest BCUT2D eigenvalue weighted by Crippen LogP contribution is -2.52. The number of hydrogen-bond acceptors (Lipinski definition) is 1. The van der Waals surface area contributed by atoms with Gasteiger partial charge in [0.05, 0.1) is 0 Å². The second-order valence-electron chi connectivity index (χ2n) is 2.97. The molecule has 0 saturated heterocycles. The normalized spacial score (nSPS) is 17.1. The molecule has 0 bridgehead atoms. The molecule has 0 aliphatic heterocycles. The van der Waals surface area contributed by atoms with E-state index in [2.05, 4.69) is 0 Å². The summed E-state index contributed by atoms with van der Waals surface area (Å²) in [6, 6.07) is 0. The fourth-order valence-corrected chi connectivity index (χ4v) is 0.503. The standard InChI is InChI=1S/C6H4F10O/c1-3(8,9)6(15,16)17-5(13,14)2(7)4(10,11)12/h2H,1H3. The number of hydrogen-bond donors (Lipinski definition) is 0. The molecule has 0 fully saturated rings. The summed E-state index contributed by atoms with van der Waals surface area (Å²) in [6.07, 6.45) is -23.5. The average Bonchev–Trinajstić information content (AvgIpc) is 1.96. The Morgan fingerprint density at radius 2 is 1.18 bits per heavy atom. The highest BCUT2D eigenvalue weighted by atomic mass is 19.4. The van der Waals surface area contributed by atoms with Gasteiger partial charge in [-0.25, -0.2) is 9.13 Å². The zero-order chi connectivity index (χ0) is 14.3. The maximum absolute atomic E-state index is 12.2. The lowest BCUT2D eigenvalue weighted by atomic mass is 10.3. The van der Waals surface area contributed by atoms with Crippen molar-refractivity contribution in [3.8, 4) is 0 Å². The van der Waals surface area contributed by atoms with Crippen LogP contribution < -0.4 is 0 Å². The van der Waals surface area contributed by atoms with Crippen molar-refractivity contribution < 1.29 is 48.6 Å². The molecule has 17 heavy (non-hydrogen) atoms. The third kappa shape index (κ3) is 3.89. The molecule has 0 aliphatic carbocycles. The van der Waals surface area contributed by atoms with Crippen molar-refractivity contribution >= 4 is 0 Å². The molecule has 0 heterocycles. The molecular formula is C6H4F10O. The first kappa shape index (κ1) is 16.3. The third-order valence-corrected chi connectivity index (χ3v) is 1.36. The Kier molecular flexibility index (Phi) is 3.99. The van der Waals surface area contributed by atoms with Crippen LogP contribution in [0.25, 0.3) is 0 Å². The van der Waals surface area contributed by atoms with E-state index in [4.69, 9.17) is 0 Å². The summed E-state index contributed by atoms with van der Waals surface area (Å²) in [5.74, 6) is -5.21. The lowest BCUT2D eigenvalue weighted by Gasteiger charge is -2.29. The van der Waals surface area contributed by atoms with Crippen LogP contribution in [0.5, 0.6) is 0 Å². The first-order valence-electron chi connectivity index (χ1n) is 3.65. The van der Waals surface area contributed by atoms with Crippen molar-refractivity contribution in [1.82, 2.24) is 0 Å². The molecule has 0 aromatic rings. The molecule has 0 rings (SSSR count). The molecule has 1 unspecified atom stereocenters. The summed E-state index contributed by atoms with van der Waals surface area (Å²) in [6.45, 7) is -0.579. The number of ether oxygens (including phenoxy) is 1. The highest BCUT2D eigenvalue weighted by Crippen LogP contribution is 2.43. The van der Waals surface area contributed by atoms with Gasteiger partial charge < -0.3 is 0 Å².